The van der Waals surface area contributed by atoms with E-state index in [1.54, 1.807) is 6.92 Å². The maximum atomic E-state index is 12.2. The van der Waals surface area contributed by atoms with Crippen LogP contribution in [0.5, 0.6) is 0 Å². The van der Waals surface area contributed by atoms with E-state index in [9.17, 15) is 9.59 Å². The van der Waals surface area contributed by atoms with Crippen molar-refractivity contribution in [2.45, 2.75) is 82.8 Å². The van der Waals surface area contributed by atoms with Crippen LogP contribution in [0.2, 0.25) is 0 Å². The fourth-order valence-corrected chi connectivity index (χ4v) is 3.29. The first-order chi connectivity index (χ1) is 10.0. The van der Waals surface area contributed by atoms with Gasteiger partial charge in [-0.25, -0.2) is 4.79 Å². The Morgan fingerprint density at radius 1 is 1.10 bits per heavy atom. The van der Waals surface area contributed by atoms with E-state index in [1.807, 2.05) is 0 Å². The van der Waals surface area contributed by atoms with Crippen LogP contribution >= 0.6 is 0 Å². The van der Waals surface area contributed by atoms with Crippen molar-refractivity contribution in [3.8, 4) is 0 Å². The Hall–Kier alpha value is -1.32. The minimum absolute atomic E-state index is 0.0570. The lowest BCUT2D eigenvalue weighted by molar-refractivity contribution is -0.166. The molecule has 0 heterocycles. The Balaban J connectivity index is 1.90. The number of hydrogen-bond donors (Lipinski definition) is 0. The van der Waals surface area contributed by atoms with E-state index < -0.39 is 11.6 Å². The maximum absolute atomic E-state index is 12.2. The van der Waals surface area contributed by atoms with Crippen molar-refractivity contribution >= 4 is 11.9 Å². The summed E-state index contributed by atoms with van der Waals surface area (Å²) in [6.45, 7) is 5.24. The van der Waals surface area contributed by atoms with Crippen molar-refractivity contribution in [2.75, 3.05) is 0 Å². The minimum Gasteiger partial charge on any atom is -0.462 e. The molecule has 0 aromatic carbocycles. The zero-order valence-electron chi connectivity index (χ0n) is 13.0. The van der Waals surface area contributed by atoms with E-state index >= 15 is 0 Å². The van der Waals surface area contributed by atoms with Crippen molar-refractivity contribution < 1.29 is 19.1 Å². The Labute approximate surface area is 126 Å². The van der Waals surface area contributed by atoms with Gasteiger partial charge in [-0.2, -0.15) is 0 Å². The van der Waals surface area contributed by atoms with Gasteiger partial charge in [-0.3, -0.25) is 4.79 Å². The van der Waals surface area contributed by atoms with E-state index in [0.717, 1.165) is 51.4 Å². The van der Waals surface area contributed by atoms with Gasteiger partial charge in [0, 0.05) is 5.57 Å². The quantitative estimate of drug-likeness (QED) is 0.573. The third-order valence-electron chi connectivity index (χ3n) is 4.49. The lowest BCUT2D eigenvalue weighted by atomic mass is 9.96. The summed E-state index contributed by atoms with van der Waals surface area (Å²) in [6, 6.07) is 0. The summed E-state index contributed by atoms with van der Waals surface area (Å²) in [6.07, 6.45) is 9.12. The molecule has 0 aromatic rings. The average Bonchev–Trinajstić information content (AvgIpc) is 2.87. The fraction of sp³-hybridized carbons (Fsp3) is 0.765. The zero-order chi connectivity index (χ0) is 15.3. The molecule has 0 radical (unpaired) electrons. The summed E-state index contributed by atoms with van der Waals surface area (Å²) in [5.74, 6) is -0.624. The van der Waals surface area contributed by atoms with Crippen molar-refractivity contribution in [2.24, 2.45) is 0 Å². The summed E-state index contributed by atoms with van der Waals surface area (Å²) in [7, 11) is 0. The van der Waals surface area contributed by atoms with Crippen LogP contribution in [0.4, 0.5) is 0 Å². The molecule has 2 rings (SSSR count). The molecule has 0 spiro atoms. The molecule has 4 nitrogen and oxygen atoms in total. The van der Waals surface area contributed by atoms with Gasteiger partial charge in [-0.05, 0) is 58.3 Å². The molecule has 2 saturated carbocycles. The molecule has 0 aromatic heterocycles. The van der Waals surface area contributed by atoms with Crippen LogP contribution in [-0.4, -0.2) is 23.6 Å². The number of carbonyl (C=O) groups is 2. The summed E-state index contributed by atoms with van der Waals surface area (Å²) in [4.78, 5) is 24.0. The van der Waals surface area contributed by atoms with Gasteiger partial charge in [-0.15, -0.1) is 0 Å². The second kappa shape index (κ2) is 7.10. The Morgan fingerprint density at radius 3 is 2.29 bits per heavy atom. The first-order valence-corrected chi connectivity index (χ1v) is 8.09. The number of hydrogen-bond acceptors (Lipinski definition) is 4. The highest BCUT2D eigenvalue weighted by Gasteiger charge is 2.40. The highest BCUT2D eigenvalue weighted by molar-refractivity contribution is 5.87. The van der Waals surface area contributed by atoms with E-state index in [-0.39, 0.29) is 18.5 Å². The molecule has 4 heteroatoms. The zero-order valence-corrected chi connectivity index (χ0v) is 13.0. The van der Waals surface area contributed by atoms with Gasteiger partial charge in [0.2, 0.25) is 0 Å². The van der Waals surface area contributed by atoms with Crippen LogP contribution in [0.25, 0.3) is 0 Å². The molecule has 0 aliphatic heterocycles. The van der Waals surface area contributed by atoms with E-state index in [4.69, 9.17) is 9.47 Å². The first-order valence-electron chi connectivity index (χ1n) is 8.09. The molecule has 118 valence electrons. The van der Waals surface area contributed by atoms with Gasteiger partial charge in [0.05, 0.1) is 6.42 Å². The molecule has 0 N–H and O–H groups in total. The molecule has 0 unspecified atom stereocenters. The standard InChI is InChI=1S/C17H26O4/c1-13(2)16(19)21-17(10-6-7-11-17)12-15(18)20-14-8-4-3-5-9-14/h14H,1,3-12H2,2H3. The largest absolute Gasteiger partial charge is 0.462 e. The lowest BCUT2D eigenvalue weighted by Gasteiger charge is -2.29. The van der Waals surface area contributed by atoms with Gasteiger partial charge in [-0.1, -0.05) is 13.0 Å². The predicted octanol–water partition coefficient (Wildman–Crippen LogP) is 3.68. The third kappa shape index (κ3) is 4.58. The molecule has 2 fully saturated rings. The minimum atomic E-state index is -0.665. The van der Waals surface area contributed by atoms with Gasteiger partial charge < -0.3 is 9.47 Å². The predicted molar refractivity (Wildman–Crippen MR) is 79.7 cm³/mol. The van der Waals surface area contributed by atoms with Crippen LogP contribution in [0.1, 0.15) is 71.1 Å². The Kier molecular flexibility index (Phi) is 5.43. The first kappa shape index (κ1) is 16.1. The summed E-state index contributed by atoms with van der Waals surface area (Å²) < 4.78 is 11.1. The molecular weight excluding hydrogens is 268 g/mol. The molecular formula is C17H26O4. The number of ether oxygens (including phenoxy) is 2. The number of carbonyl (C=O) groups excluding carboxylic acids is 2. The number of rotatable bonds is 5. The van der Waals surface area contributed by atoms with Crippen molar-refractivity contribution in [1.29, 1.82) is 0 Å². The Morgan fingerprint density at radius 2 is 1.71 bits per heavy atom. The second-order valence-corrected chi connectivity index (χ2v) is 6.49. The van der Waals surface area contributed by atoms with Crippen molar-refractivity contribution in [1.82, 2.24) is 0 Å². The Bertz CT molecular complexity index is 401. The highest BCUT2D eigenvalue weighted by Crippen LogP contribution is 2.37. The second-order valence-electron chi connectivity index (χ2n) is 6.49. The topological polar surface area (TPSA) is 52.6 Å². The van der Waals surface area contributed by atoms with Crippen LogP contribution in [0.15, 0.2) is 12.2 Å². The summed E-state index contributed by atoms with van der Waals surface area (Å²) >= 11 is 0. The van der Waals surface area contributed by atoms with Crippen LogP contribution in [0, 0.1) is 0 Å². The highest BCUT2D eigenvalue weighted by atomic mass is 16.6. The average molecular weight is 294 g/mol. The maximum Gasteiger partial charge on any atom is 0.333 e. The monoisotopic (exact) mass is 294 g/mol. The smallest absolute Gasteiger partial charge is 0.333 e. The van der Waals surface area contributed by atoms with Crippen molar-refractivity contribution in [3.05, 3.63) is 12.2 Å². The van der Waals surface area contributed by atoms with Crippen LogP contribution < -0.4 is 0 Å². The third-order valence-corrected chi connectivity index (χ3v) is 4.49. The van der Waals surface area contributed by atoms with Crippen molar-refractivity contribution in [3.63, 3.8) is 0 Å². The van der Waals surface area contributed by atoms with Gasteiger partial charge in [0.15, 0.2) is 0 Å². The number of esters is 2. The fourth-order valence-electron chi connectivity index (χ4n) is 3.29. The van der Waals surface area contributed by atoms with E-state index in [0.29, 0.717) is 5.57 Å². The van der Waals surface area contributed by atoms with E-state index in [1.165, 1.54) is 6.42 Å². The summed E-state index contributed by atoms with van der Waals surface area (Å²) in [5, 5.41) is 0. The molecule has 0 atom stereocenters. The SMILES string of the molecule is C=C(C)C(=O)OC1(CC(=O)OC2CCCCC2)CCCC1. The van der Waals surface area contributed by atoms with Gasteiger partial charge in [0.1, 0.15) is 11.7 Å². The molecule has 2 aliphatic carbocycles. The normalized spacial score (nSPS) is 21.8. The van der Waals surface area contributed by atoms with Crippen LogP contribution in [-0.2, 0) is 19.1 Å². The van der Waals surface area contributed by atoms with Gasteiger partial charge >= 0.3 is 11.9 Å². The van der Waals surface area contributed by atoms with E-state index in [2.05, 4.69) is 6.58 Å². The summed E-state index contributed by atoms with van der Waals surface area (Å²) in [5.41, 5.74) is -0.288. The molecule has 0 saturated heterocycles. The lowest BCUT2D eigenvalue weighted by Crippen LogP contribution is -2.36. The van der Waals surface area contributed by atoms with Crippen LogP contribution in [0.3, 0.4) is 0 Å². The molecule has 21 heavy (non-hydrogen) atoms. The molecule has 2 aliphatic rings. The molecule has 0 bridgehead atoms. The molecule has 0 amide bonds. The van der Waals surface area contributed by atoms with Gasteiger partial charge in [0.25, 0.3) is 0 Å².